The molecule has 0 heteroatoms. The first-order chi connectivity index (χ1) is 2.91. The smallest absolute Gasteiger partial charge is 0.0700 e. The van der Waals surface area contributed by atoms with Gasteiger partial charge in [-0.2, -0.15) is 0 Å². The number of terminal acetylenes is 1. The van der Waals surface area contributed by atoms with Crippen molar-refractivity contribution in [2.45, 2.75) is 6.42 Å². The Bertz CT molecular complexity index is 104. The molecule has 0 nitrogen and oxygen atoms in total. The van der Waals surface area contributed by atoms with E-state index >= 15 is 0 Å². The highest BCUT2D eigenvalue weighted by Gasteiger charge is 1.54. The van der Waals surface area contributed by atoms with E-state index in [1.54, 1.807) is 0 Å². The fourth-order valence-corrected chi connectivity index (χ4v) is 0.114. The Kier molecular flexibility index (Phi) is 3.52. The topological polar surface area (TPSA) is 0 Å². The van der Waals surface area contributed by atoms with Gasteiger partial charge in [-0.25, -0.2) is 0 Å². The van der Waals surface area contributed by atoms with Crippen LogP contribution < -0.4 is 0 Å². The van der Waals surface area contributed by atoms with Crippen molar-refractivity contribution in [1.29, 1.82) is 0 Å². The van der Waals surface area contributed by atoms with Crippen LogP contribution in [0.4, 0.5) is 0 Å². The van der Waals surface area contributed by atoms with Gasteiger partial charge in [0.1, 0.15) is 0 Å². The van der Waals surface area contributed by atoms with Crippen LogP contribution in [0.25, 0.3) is 0 Å². The van der Waals surface area contributed by atoms with E-state index in [0.717, 1.165) is 0 Å². The van der Waals surface area contributed by atoms with Crippen LogP contribution in [0.1, 0.15) is 6.42 Å². The van der Waals surface area contributed by atoms with Gasteiger partial charge in [-0.15, -0.1) is 12.3 Å². The molecule has 0 heterocycles. The molecule has 0 aliphatic rings. The minimum Gasteiger partial charge on any atom is -0.119 e. The van der Waals surface area contributed by atoms with Crippen molar-refractivity contribution in [3.63, 3.8) is 0 Å². The highest BCUT2D eigenvalue weighted by Crippen LogP contribution is 1.63. The molecule has 0 aromatic heterocycles. The Hall–Kier alpha value is -0.880. The summed E-state index contributed by atoms with van der Waals surface area (Å²) >= 11 is 0. The first-order valence-electron chi connectivity index (χ1n) is 1.60. The van der Waals surface area contributed by atoms with E-state index in [9.17, 15) is 0 Å². The summed E-state index contributed by atoms with van der Waals surface area (Å²) < 4.78 is 0. The van der Waals surface area contributed by atoms with Crippen LogP contribution in [0.3, 0.4) is 0 Å². The second-order valence-electron chi connectivity index (χ2n) is 0.734. The number of hydrogen-bond acceptors (Lipinski definition) is 0. The normalized spacial score (nSPS) is 4.67. The maximum atomic E-state index is 4.83. The summed E-state index contributed by atoms with van der Waals surface area (Å²) in [6, 6.07) is 0. The fourth-order valence-electron chi connectivity index (χ4n) is 0.114. The molecule has 0 unspecified atom stereocenters. The van der Waals surface area contributed by atoms with Gasteiger partial charge in [-0.1, -0.05) is 11.8 Å². The molecule has 0 saturated heterocycles. The molecule has 0 aromatic rings. The quantitative estimate of drug-likeness (QED) is 0.376. The van der Waals surface area contributed by atoms with Crippen molar-refractivity contribution >= 4 is 0 Å². The average Bonchev–Trinajstić information content (AvgIpc) is 1.61. The van der Waals surface area contributed by atoms with Crippen molar-refractivity contribution in [3.05, 3.63) is 6.92 Å². The van der Waals surface area contributed by atoms with Gasteiger partial charge in [-0.05, 0) is 0 Å². The van der Waals surface area contributed by atoms with Crippen LogP contribution in [-0.2, 0) is 0 Å². The number of rotatable bonds is 0. The van der Waals surface area contributed by atoms with E-state index in [0.29, 0.717) is 6.42 Å². The van der Waals surface area contributed by atoms with Gasteiger partial charge in [0.05, 0.1) is 6.42 Å². The summed E-state index contributed by atoms with van der Waals surface area (Å²) in [6.45, 7) is 3.27. The zero-order chi connectivity index (χ0) is 4.83. The highest BCUT2D eigenvalue weighted by atomic mass is 13.6. The summed E-state index contributed by atoms with van der Waals surface area (Å²) in [5.41, 5.74) is 0. The molecule has 0 saturated carbocycles. The fraction of sp³-hybridized carbons (Fsp3) is 0.167. The molecular weight excluding hydrogens is 72.1 g/mol. The van der Waals surface area contributed by atoms with Gasteiger partial charge in [0.2, 0.25) is 0 Å². The van der Waals surface area contributed by atoms with Gasteiger partial charge in [0.25, 0.3) is 0 Å². The molecule has 0 aliphatic carbocycles. The molecule has 0 bridgehead atoms. The largest absolute Gasteiger partial charge is 0.119 e. The standard InChI is InChI=1S/C6H5/c1-3-5-6-4-2/h1H,2,5H2. The van der Waals surface area contributed by atoms with Gasteiger partial charge < -0.3 is 0 Å². The molecule has 0 fully saturated rings. The molecule has 0 aromatic carbocycles. The number of hydrogen-bond donors (Lipinski definition) is 0. The van der Waals surface area contributed by atoms with Crippen LogP contribution in [0, 0.1) is 31.1 Å². The Morgan fingerprint density at radius 3 is 2.50 bits per heavy atom. The summed E-state index contributed by atoms with van der Waals surface area (Å²) in [5, 5.41) is 0. The molecule has 0 atom stereocenters. The molecule has 0 spiro atoms. The molecule has 29 valence electrons. The third-order valence-electron chi connectivity index (χ3n) is 0.315. The lowest BCUT2D eigenvalue weighted by Crippen LogP contribution is -1.51. The second kappa shape index (κ2) is 4.12. The van der Waals surface area contributed by atoms with Gasteiger partial charge >= 0.3 is 0 Å². The Balaban J connectivity index is 3.07. The first kappa shape index (κ1) is 5.12. The third-order valence-corrected chi connectivity index (χ3v) is 0.315. The average molecular weight is 77.1 g/mol. The first-order valence-corrected chi connectivity index (χ1v) is 1.60. The lowest BCUT2D eigenvalue weighted by Gasteiger charge is -1.60. The predicted molar refractivity (Wildman–Crippen MR) is 26.6 cm³/mol. The predicted octanol–water partition coefficient (Wildman–Crippen LogP) is 0.847. The van der Waals surface area contributed by atoms with E-state index in [1.807, 2.05) is 0 Å². The lowest BCUT2D eigenvalue weighted by molar-refractivity contribution is 1.57. The van der Waals surface area contributed by atoms with E-state index in [1.165, 1.54) is 0 Å². The highest BCUT2D eigenvalue weighted by molar-refractivity contribution is 5.08. The summed E-state index contributed by atoms with van der Waals surface area (Å²) in [6.07, 6.45) is 5.35. The summed E-state index contributed by atoms with van der Waals surface area (Å²) in [5.74, 6) is 7.38. The minimum atomic E-state index is 0.517. The second-order valence-corrected chi connectivity index (χ2v) is 0.734. The van der Waals surface area contributed by atoms with Crippen LogP contribution >= 0.6 is 0 Å². The molecule has 0 N–H and O–H groups in total. The van der Waals surface area contributed by atoms with E-state index in [4.69, 9.17) is 6.42 Å². The van der Waals surface area contributed by atoms with E-state index in [-0.39, 0.29) is 0 Å². The van der Waals surface area contributed by atoms with Crippen molar-refractivity contribution in [2.24, 2.45) is 0 Å². The summed E-state index contributed by atoms with van der Waals surface area (Å²) in [4.78, 5) is 0. The Morgan fingerprint density at radius 1 is 1.67 bits per heavy atom. The van der Waals surface area contributed by atoms with Crippen LogP contribution in [0.5, 0.6) is 0 Å². The molecule has 0 aliphatic heterocycles. The van der Waals surface area contributed by atoms with Crippen molar-refractivity contribution in [2.75, 3.05) is 0 Å². The maximum absolute atomic E-state index is 4.83. The lowest BCUT2D eigenvalue weighted by atomic mass is 10.4. The van der Waals surface area contributed by atoms with Crippen LogP contribution in [0.15, 0.2) is 0 Å². The molecule has 0 amide bonds. The Labute approximate surface area is 38.6 Å². The third kappa shape index (κ3) is 3.12. The zero-order valence-electron chi connectivity index (χ0n) is 3.49. The van der Waals surface area contributed by atoms with Crippen molar-refractivity contribution in [1.82, 2.24) is 0 Å². The van der Waals surface area contributed by atoms with Gasteiger partial charge in [0, 0.05) is 6.92 Å². The SMILES string of the molecule is C#CCC#C[CH2]. The monoisotopic (exact) mass is 77.0 g/mol. The van der Waals surface area contributed by atoms with Crippen molar-refractivity contribution in [3.8, 4) is 24.2 Å². The van der Waals surface area contributed by atoms with E-state index in [2.05, 4.69) is 24.7 Å². The van der Waals surface area contributed by atoms with Gasteiger partial charge in [-0.3, -0.25) is 0 Å². The van der Waals surface area contributed by atoms with Crippen LogP contribution in [-0.4, -0.2) is 0 Å². The van der Waals surface area contributed by atoms with E-state index < -0.39 is 0 Å². The van der Waals surface area contributed by atoms with Crippen LogP contribution in [0.2, 0.25) is 0 Å². The molecular formula is C6H5. The Morgan fingerprint density at radius 2 is 2.33 bits per heavy atom. The molecule has 0 rings (SSSR count). The summed E-state index contributed by atoms with van der Waals surface area (Å²) in [7, 11) is 0. The minimum absolute atomic E-state index is 0.517. The maximum Gasteiger partial charge on any atom is 0.0700 e. The van der Waals surface area contributed by atoms with Gasteiger partial charge in [0.15, 0.2) is 0 Å². The molecule has 6 heavy (non-hydrogen) atoms. The molecule has 1 radical (unpaired) electrons. The van der Waals surface area contributed by atoms with Crippen molar-refractivity contribution < 1.29 is 0 Å². The zero-order valence-corrected chi connectivity index (χ0v) is 3.49.